The van der Waals surface area contributed by atoms with E-state index in [-0.39, 0.29) is 25.0 Å². The van der Waals surface area contributed by atoms with E-state index < -0.39 is 5.92 Å². The van der Waals surface area contributed by atoms with Crippen molar-refractivity contribution in [1.29, 1.82) is 0 Å². The lowest BCUT2D eigenvalue weighted by molar-refractivity contribution is -0.122. The molecule has 1 aromatic heterocycles. The zero-order chi connectivity index (χ0) is 21.5. The van der Waals surface area contributed by atoms with Crippen LogP contribution in [-0.4, -0.2) is 34.9 Å². The highest BCUT2D eigenvalue weighted by molar-refractivity contribution is 6.03. The van der Waals surface area contributed by atoms with Crippen LogP contribution in [0.25, 0.3) is 5.69 Å². The number of amides is 2. The highest BCUT2D eigenvalue weighted by Gasteiger charge is 2.36. The lowest BCUT2D eigenvalue weighted by atomic mass is 10.1. The predicted octanol–water partition coefficient (Wildman–Crippen LogP) is 3.21. The fraction of sp³-hybridized carbons (Fsp3) is 0.261. The van der Waals surface area contributed by atoms with Gasteiger partial charge in [-0.15, -0.1) is 0 Å². The van der Waals surface area contributed by atoms with Crippen LogP contribution in [0.5, 0.6) is 11.5 Å². The first kappa shape index (κ1) is 19.2. The molecular formula is C23H22N4O4. The summed E-state index contributed by atoms with van der Waals surface area (Å²) >= 11 is 0. The quantitative estimate of drug-likeness (QED) is 0.703. The Morgan fingerprint density at radius 3 is 2.58 bits per heavy atom. The monoisotopic (exact) mass is 418 g/mol. The smallest absolute Gasteiger partial charge is 0.231 e. The number of rotatable bonds is 4. The molecule has 2 aromatic carbocycles. The summed E-state index contributed by atoms with van der Waals surface area (Å²) in [5.74, 6) is 1.09. The van der Waals surface area contributed by atoms with Crippen LogP contribution in [0.3, 0.4) is 0 Å². The number of carbonyl (C=O) groups is 2. The molecule has 1 saturated heterocycles. The summed E-state index contributed by atoms with van der Waals surface area (Å²) in [6, 6.07) is 15.1. The van der Waals surface area contributed by atoms with Gasteiger partial charge in [0.1, 0.15) is 5.82 Å². The number of nitrogens with one attached hydrogen (secondary N) is 1. The summed E-state index contributed by atoms with van der Waals surface area (Å²) in [5, 5.41) is 7.46. The first-order chi connectivity index (χ1) is 15.0. The zero-order valence-electron chi connectivity index (χ0n) is 17.3. The summed E-state index contributed by atoms with van der Waals surface area (Å²) in [6.45, 7) is 4.37. The first-order valence-electron chi connectivity index (χ1n) is 10.1. The number of nitrogens with zero attached hydrogens (tertiary/aromatic N) is 3. The Hall–Kier alpha value is -3.81. The van der Waals surface area contributed by atoms with Crippen LogP contribution in [0.15, 0.2) is 48.5 Å². The third kappa shape index (κ3) is 3.61. The highest BCUT2D eigenvalue weighted by Crippen LogP contribution is 2.37. The largest absolute Gasteiger partial charge is 0.454 e. The zero-order valence-corrected chi connectivity index (χ0v) is 17.3. The number of benzene rings is 2. The molecule has 0 radical (unpaired) electrons. The van der Waals surface area contributed by atoms with Gasteiger partial charge in [-0.3, -0.25) is 9.59 Å². The molecule has 5 rings (SSSR count). The van der Waals surface area contributed by atoms with Crippen molar-refractivity contribution in [3.63, 3.8) is 0 Å². The minimum absolute atomic E-state index is 0.0951. The van der Waals surface area contributed by atoms with E-state index in [0.717, 1.165) is 16.9 Å². The number of aromatic nitrogens is 2. The van der Waals surface area contributed by atoms with Gasteiger partial charge in [-0.05, 0) is 38.1 Å². The Morgan fingerprint density at radius 1 is 1.03 bits per heavy atom. The highest BCUT2D eigenvalue weighted by atomic mass is 16.7. The van der Waals surface area contributed by atoms with Crippen LogP contribution >= 0.6 is 0 Å². The maximum Gasteiger partial charge on any atom is 0.231 e. The van der Waals surface area contributed by atoms with Crippen molar-refractivity contribution in [3.8, 4) is 17.2 Å². The molecule has 3 aromatic rings. The summed E-state index contributed by atoms with van der Waals surface area (Å²) in [5.41, 5.74) is 3.50. The minimum Gasteiger partial charge on any atom is -0.454 e. The number of ether oxygens (including phenoxy) is 2. The number of hydrogen-bond donors (Lipinski definition) is 1. The topological polar surface area (TPSA) is 85.7 Å². The van der Waals surface area contributed by atoms with Gasteiger partial charge < -0.3 is 19.7 Å². The Labute approximate surface area is 179 Å². The molecule has 0 spiro atoms. The van der Waals surface area contributed by atoms with E-state index >= 15 is 0 Å². The molecule has 2 aliphatic rings. The minimum atomic E-state index is -0.459. The molecule has 8 heteroatoms. The van der Waals surface area contributed by atoms with Crippen molar-refractivity contribution in [2.75, 3.05) is 23.6 Å². The Morgan fingerprint density at radius 2 is 1.77 bits per heavy atom. The van der Waals surface area contributed by atoms with E-state index in [9.17, 15) is 9.59 Å². The molecule has 0 bridgehead atoms. The molecule has 1 fully saturated rings. The molecule has 2 aliphatic heterocycles. The summed E-state index contributed by atoms with van der Waals surface area (Å²) < 4.78 is 12.4. The van der Waals surface area contributed by atoms with Crippen LogP contribution in [0.1, 0.15) is 17.7 Å². The Kier molecular flexibility index (Phi) is 4.62. The average molecular weight is 418 g/mol. The van der Waals surface area contributed by atoms with Gasteiger partial charge in [0.25, 0.3) is 0 Å². The Balaban J connectivity index is 1.33. The van der Waals surface area contributed by atoms with Crippen molar-refractivity contribution in [2.45, 2.75) is 20.3 Å². The van der Waals surface area contributed by atoms with Gasteiger partial charge in [-0.2, -0.15) is 5.10 Å². The standard InChI is InChI=1S/C23H22N4O4/c1-14-3-5-17(6-4-14)27-21(9-15(2)25-27)24-23(29)16-10-22(28)26(12-16)18-7-8-19-20(11-18)31-13-30-19/h3-9,11,16H,10,12-13H2,1-2H3,(H,24,29)/t16-/m1/s1. The molecule has 0 saturated carbocycles. The van der Waals surface area contributed by atoms with Gasteiger partial charge in [0.05, 0.1) is 17.3 Å². The summed E-state index contributed by atoms with van der Waals surface area (Å²) in [4.78, 5) is 27.2. The third-order valence-electron chi connectivity index (χ3n) is 5.52. The maximum atomic E-state index is 13.0. The van der Waals surface area contributed by atoms with Crippen molar-refractivity contribution >= 4 is 23.3 Å². The number of aryl methyl sites for hydroxylation is 2. The van der Waals surface area contributed by atoms with E-state index in [4.69, 9.17) is 9.47 Å². The number of fused-ring (bicyclic) bond motifs is 1. The molecule has 1 atom stereocenters. The molecule has 2 amide bonds. The molecule has 8 nitrogen and oxygen atoms in total. The number of hydrogen-bond acceptors (Lipinski definition) is 5. The predicted molar refractivity (Wildman–Crippen MR) is 115 cm³/mol. The van der Waals surface area contributed by atoms with Gasteiger partial charge in [0.2, 0.25) is 18.6 Å². The average Bonchev–Trinajstić information content (AvgIpc) is 3.46. The molecule has 1 N–H and O–H groups in total. The van der Waals surface area contributed by atoms with E-state index in [2.05, 4.69) is 10.4 Å². The van der Waals surface area contributed by atoms with Gasteiger partial charge in [-0.1, -0.05) is 17.7 Å². The second kappa shape index (κ2) is 7.46. The van der Waals surface area contributed by atoms with Crippen LogP contribution in [0.4, 0.5) is 11.5 Å². The normalized spacial score (nSPS) is 17.3. The molecule has 0 unspecified atom stereocenters. The lowest BCUT2D eigenvalue weighted by Gasteiger charge is -2.17. The van der Waals surface area contributed by atoms with E-state index in [0.29, 0.717) is 29.5 Å². The van der Waals surface area contributed by atoms with E-state index in [1.165, 1.54) is 0 Å². The van der Waals surface area contributed by atoms with Gasteiger partial charge in [-0.25, -0.2) is 4.68 Å². The fourth-order valence-corrected chi connectivity index (χ4v) is 3.89. The maximum absolute atomic E-state index is 13.0. The van der Waals surface area contributed by atoms with Gasteiger partial charge >= 0.3 is 0 Å². The van der Waals surface area contributed by atoms with Gasteiger partial charge in [0, 0.05) is 30.8 Å². The van der Waals surface area contributed by atoms with Crippen molar-refractivity contribution < 1.29 is 19.1 Å². The summed E-state index contributed by atoms with van der Waals surface area (Å²) in [6.07, 6.45) is 0.151. The van der Waals surface area contributed by atoms with Crippen molar-refractivity contribution in [1.82, 2.24) is 9.78 Å². The molecular weight excluding hydrogens is 396 g/mol. The second-order valence-corrected chi connectivity index (χ2v) is 7.85. The molecule has 3 heterocycles. The first-order valence-corrected chi connectivity index (χ1v) is 10.1. The SMILES string of the molecule is Cc1ccc(-n2nc(C)cc2NC(=O)[C@@H]2CC(=O)N(c3ccc4c(c3)OCO4)C2)cc1. The molecule has 158 valence electrons. The second-order valence-electron chi connectivity index (χ2n) is 7.85. The van der Waals surface area contributed by atoms with Crippen molar-refractivity contribution in [3.05, 3.63) is 59.8 Å². The fourth-order valence-electron chi connectivity index (χ4n) is 3.89. The summed E-state index contributed by atoms with van der Waals surface area (Å²) in [7, 11) is 0. The van der Waals surface area contributed by atoms with Crippen LogP contribution in [0, 0.1) is 19.8 Å². The lowest BCUT2D eigenvalue weighted by Crippen LogP contribution is -2.28. The number of carbonyl (C=O) groups excluding carboxylic acids is 2. The molecule has 0 aliphatic carbocycles. The van der Waals surface area contributed by atoms with E-state index in [1.54, 1.807) is 21.7 Å². The van der Waals surface area contributed by atoms with Gasteiger partial charge in [0.15, 0.2) is 11.5 Å². The third-order valence-corrected chi connectivity index (χ3v) is 5.52. The van der Waals surface area contributed by atoms with Crippen molar-refractivity contribution in [2.24, 2.45) is 5.92 Å². The van der Waals surface area contributed by atoms with Crippen LogP contribution in [-0.2, 0) is 9.59 Å². The van der Waals surface area contributed by atoms with Crippen LogP contribution in [0.2, 0.25) is 0 Å². The number of anilines is 2. The van der Waals surface area contributed by atoms with E-state index in [1.807, 2.05) is 50.2 Å². The Bertz CT molecular complexity index is 1170. The molecule has 31 heavy (non-hydrogen) atoms. The van der Waals surface area contributed by atoms with Crippen LogP contribution < -0.4 is 19.7 Å².